The molecular weight excluding hydrogens is 374 g/mol. The first kappa shape index (κ1) is 19.5. The molecule has 25 heavy (non-hydrogen) atoms. The van der Waals surface area contributed by atoms with Crippen molar-refractivity contribution in [3.05, 3.63) is 108 Å². The summed E-state index contributed by atoms with van der Waals surface area (Å²) >= 11 is 5.89. The van der Waals surface area contributed by atoms with Crippen molar-refractivity contribution in [2.75, 3.05) is 0 Å². The minimum absolute atomic E-state index is 0. The van der Waals surface area contributed by atoms with E-state index in [9.17, 15) is 4.79 Å². The Labute approximate surface area is 165 Å². The molecule has 0 bridgehead atoms. The number of hydrogen-bond donors (Lipinski definition) is 1. The van der Waals surface area contributed by atoms with E-state index in [1.807, 2.05) is 80.0 Å². The van der Waals surface area contributed by atoms with Crippen LogP contribution >= 0.6 is 11.6 Å². The second-order valence-electron chi connectivity index (χ2n) is 5.63. The average molecular weight is 392 g/mol. The number of piperidine rings is 1. The number of carbonyl (C=O) groups excluding carboxylic acids is 1. The quantitative estimate of drug-likeness (QED) is 0.546. The zero-order chi connectivity index (χ0) is 16.8. The van der Waals surface area contributed by atoms with Crippen molar-refractivity contribution in [2.45, 2.75) is 12.3 Å². The first-order valence-electron chi connectivity index (χ1n) is 7.88. The minimum atomic E-state index is 0. The summed E-state index contributed by atoms with van der Waals surface area (Å²) in [5.74, 6) is 0.162. The molecule has 1 aromatic carbocycles. The van der Waals surface area contributed by atoms with Gasteiger partial charge in [-0.05, 0) is 12.1 Å². The molecule has 0 aromatic heterocycles. The number of halogens is 1. The van der Waals surface area contributed by atoms with Gasteiger partial charge in [0, 0.05) is 11.4 Å². The van der Waals surface area contributed by atoms with Crippen molar-refractivity contribution >= 4 is 17.5 Å². The largest absolute Gasteiger partial charge is 2.00 e. The van der Waals surface area contributed by atoms with Crippen molar-refractivity contribution in [3.8, 4) is 0 Å². The molecule has 128 valence electrons. The second kappa shape index (κ2) is 9.62. The zero-order valence-corrected chi connectivity index (χ0v) is 15.4. The van der Waals surface area contributed by atoms with E-state index in [1.54, 1.807) is 0 Å². The summed E-state index contributed by atoms with van der Waals surface area (Å²) in [6.45, 7) is 0. The maximum atomic E-state index is 11.8. The molecule has 4 rings (SSSR count). The van der Waals surface area contributed by atoms with Crippen LogP contribution in [0.4, 0.5) is 0 Å². The summed E-state index contributed by atoms with van der Waals surface area (Å²) in [7, 11) is 0. The summed E-state index contributed by atoms with van der Waals surface area (Å²) < 4.78 is 0. The van der Waals surface area contributed by atoms with Crippen LogP contribution in [-0.2, 0) is 21.9 Å². The predicted molar refractivity (Wildman–Crippen MR) is 98.6 cm³/mol. The Hall–Kier alpha value is -1.80. The average Bonchev–Trinajstić information content (AvgIpc) is 3.31. The van der Waals surface area contributed by atoms with Crippen LogP contribution in [0.5, 0.6) is 0 Å². The fourth-order valence-corrected chi connectivity index (χ4v) is 2.80. The predicted octanol–water partition coefficient (Wildman–Crippen LogP) is 4.69. The van der Waals surface area contributed by atoms with Crippen molar-refractivity contribution < 1.29 is 21.9 Å². The van der Waals surface area contributed by atoms with Gasteiger partial charge >= 0.3 is 17.1 Å². The SMILES string of the molecule is O=C1CC(c2ccc(Cl)cc2)[CH-]C(=C2C=CC=C2)N1.[CH]1[CH][CH-]C=C1.[Fe+2]. The Bertz CT molecular complexity index is 696. The zero-order valence-electron chi connectivity index (χ0n) is 13.5. The fraction of sp³-hybridized carbons (Fsp3) is 0.0952. The third-order valence-corrected chi connectivity index (χ3v) is 4.13. The van der Waals surface area contributed by atoms with E-state index >= 15 is 0 Å². The summed E-state index contributed by atoms with van der Waals surface area (Å²) in [5.41, 5.74) is 3.05. The van der Waals surface area contributed by atoms with Crippen molar-refractivity contribution in [3.63, 3.8) is 0 Å². The normalized spacial score (nSPS) is 20.2. The molecule has 2 aliphatic carbocycles. The van der Waals surface area contributed by atoms with Gasteiger partial charge in [-0.1, -0.05) is 47.4 Å². The molecule has 1 aromatic rings. The molecule has 1 unspecified atom stereocenters. The maximum absolute atomic E-state index is 11.8. The van der Waals surface area contributed by atoms with Crippen molar-refractivity contribution in [1.29, 1.82) is 0 Å². The number of nitrogens with one attached hydrogen (secondary N) is 1. The number of allylic oxidation sites excluding steroid dienone is 8. The van der Waals surface area contributed by atoms with E-state index in [-0.39, 0.29) is 28.9 Å². The summed E-state index contributed by atoms with van der Waals surface area (Å²) in [4.78, 5) is 11.8. The van der Waals surface area contributed by atoms with Gasteiger partial charge < -0.3 is 5.32 Å². The molecule has 2 nitrogen and oxygen atoms in total. The van der Waals surface area contributed by atoms with E-state index in [2.05, 4.69) is 11.7 Å². The van der Waals surface area contributed by atoms with E-state index in [0.29, 0.717) is 11.4 Å². The number of amides is 1. The van der Waals surface area contributed by atoms with Gasteiger partial charge in [0.2, 0.25) is 5.91 Å². The topological polar surface area (TPSA) is 29.1 Å². The minimum Gasteiger partial charge on any atom is -0.360 e. The van der Waals surface area contributed by atoms with Gasteiger partial charge in [0.05, 0.1) is 0 Å². The van der Waals surface area contributed by atoms with Crippen LogP contribution in [0.2, 0.25) is 5.02 Å². The van der Waals surface area contributed by atoms with Gasteiger partial charge in [0.1, 0.15) is 0 Å². The van der Waals surface area contributed by atoms with E-state index in [4.69, 9.17) is 11.6 Å². The second-order valence-corrected chi connectivity index (χ2v) is 6.06. The first-order valence-corrected chi connectivity index (χ1v) is 8.26. The Morgan fingerprint density at radius 3 is 2.36 bits per heavy atom. The fourth-order valence-electron chi connectivity index (χ4n) is 2.67. The van der Waals surface area contributed by atoms with Crippen LogP contribution in [0.15, 0.2) is 72.0 Å². The van der Waals surface area contributed by atoms with Crippen molar-refractivity contribution in [2.24, 2.45) is 0 Å². The molecule has 0 saturated carbocycles. The number of benzene rings is 1. The molecular formula is C21H18ClFeNO. The monoisotopic (exact) mass is 391 g/mol. The van der Waals surface area contributed by atoms with Crippen LogP contribution in [0, 0.1) is 25.7 Å². The summed E-state index contributed by atoms with van der Waals surface area (Å²) in [6.07, 6.45) is 20.5. The number of rotatable bonds is 1. The van der Waals surface area contributed by atoms with Crippen molar-refractivity contribution in [1.82, 2.24) is 5.32 Å². The van der Waals surface area contributed by atoms with Crippen LogP contribution in [0.1, 0.15) is 17.9 Å². The Morgan fingerprint density at radius 2 is 1.80 bits per heavy atom. The van der Waals surface area contributed by atoms with Gasteiger partial charge in [-0.2, -0.15) is 12.0 Å². The van der Waals surface area contributed by atoms with E-state index in [0.717, 1.165) is 16.8 Å². The van der Waals surface area contributed by atoms with E-state index < -0.39 is 0 Å². The molecule has 0 spiro atoms. The molecule has 2 radical (unpaired) electrons. The molecule has 3 aliphatic rings. The van der Waals surface area contributed by atoms with Gasteiger partial charge in [-0.25, -0.2) is 18.6 Å². The smallest absolute Gasteiger partial charge is 0.360 e. The third kappa shape index (κ3) is 5.61. The third-order valence-electron chi connectivity index (χ3n) is 3.87. The molecule has 1 heterocycles. The first-order chi connectivity index (χ1) is 11.7. The van der Waals surface area contributed by atoms with Gasteiger partial charge in [0.15, 0.2) is 0 Å². The van der Waals surface area contributed by atoms with Gasteiger partial charge in [-0.3, -0.25) is 4.79 Å². The molecule has 1 aliphatic heterocycles. The van der Waals surface area contributed by atoms with Gasteiger partial charge in [-0.15, -0.1) is 30.7 Å². The standard InChI is InChI=1S/C16H13ClNO.C5H5.Fe/c17-14-7-5-11(6-8-14)13-9-15(18-16(19)10-13)12-3-1-2-4-12;1-2-4-5-3-1;/h1-9,13H,10H2,(H,18,19);1-5H;/q2*-1;+2. The van der Waals surface area contributed by atoms with Crippen LogP contribution in [0.3, 0.4) is 0 Å². The summed E-state index contributed by atoms with van der Waals surface area (Å²) in [6, 6.07) is 7.67. The molecule has 1 amide bonds. The molecule has 1 fully saturated rings. The van der Waals surface area contributed by atoms with Gasteiger partial charge in [0.25, 0.3) is 0 Å². The number of carbonyl (C=O) groups is 1. The Balaban J connectivity index is 0.000000325. The Morgan fingerprint density at radius 1 is 1.08 bits per heavy atom. The van der Waals surface area contributed by atoms with Crippen LogP contribution in [-0.4, -0.2) is 5.91 Å². The Kier molecular flexibility index (Phi) is 7.51. The van der Waals surface area contributed by atoms with Crippen LogP contribution in [0.25, 0.3) is 0 Å². The maximum Gasteiger partial charge on any atom is 2.00 e. The summed E-state index contributed by atoms with van der Waals surface area (Å²) in [5, 5.41) is 3.64. The number of hydrogen-bond acceptors (Lipinski definition) is 1. The molecule has 1 N–H and O–H groups in total. The molecule has 1 atom stereocenters. The van der Waals surface area contributed by atoms with Crippen LogP contribution < -0.4 is 5.32 Å². The molecule has 4 heteroatoms. The molecule has 1 saturated heterocycles. The van der Waals surface area contributed by atoms with E-state index in [1.165, 1.54) is 0 Å².